The molecule has 2 N–H and O–H groups in total. The van der Waals surface area contributed by atoms with Crippen molar-refractivity contribution in [2.75, 3.05) is 0 Å². The number of aliphatic carboxylic acids is 1. The molecule has 3 nitrogen and oxygen atoms in total. The zero-order chi connectivity index (χ0) is 12.7. The van der Waals surface area contributed by atoms with Crippen molar-refractivity contribution in [1.82, 2.24) is 5.32 Å². The van der Waals surface area contributed by atoms with Gasteiger partial charge in [0.2, 0.25) is 0 Å². The highest BCUT2D eigenvalue weighted by Crippen LogP contribution is 2.10. The highest BCUT2D eigenvalue weighted by atomic mass is 16.4. The number of hydrogen-bond donors (Lipinski definition) is 2. The van der Waals surface area contributed by atoms with Crippen molar-refractivity contribution in [1.29, 1.82) is 0 Å². The van der Waals surface area contributed by atoms with Crippen molar-refractivity contribution < 1.29 is 9.90 Å². The molecule has 0 aromatic carbocycles. The molecule has 0 aromatic heterocycles. The van der Waals surface area contributed by atoms with E-state index in [1.54, 1.807) is 0 Å². The van der Waals surface area contributed by atoms with Crippen LogP contribution in [0, 0.1) is 11.8 Å². The summed E-state index contributed by atoms with van der Waals surface area (Å²) in [6, 6.07) is -0.121. The highest BCUT2D eigenvalue weighted by molar-refractivity contribution is 5.73. The Labute approximate surface area is 99.6 Å². The van der Waals surface area contributed by atoms with Crippen molar-refractivity contribution in [3.05, 3.63) is 0 Å². The second kappa shape index (κ2) is 7.66. The molecule has 3 heteroatoms. The fourth-order valence-corrected chi connectivity index (χ4v) is 1.72. The molecular weight excluding hydrogens is 202 g/mol. The molecule has 2 unspecified atom stereocenters. The fourth-order valence-electron chi connectivity index (χ4n) is 1.72. The Bertz CT molecular complexity index is 202. The predicted molar refractivity (Wildman–Crippen MR) is 67.5 cm³/mol. The van der Waals surface area contributed by atoms with Crippen LogP contribution in [0.3, 0.4) is 0 Å². The van der Waals surface area contributed by atoms with Gasteiger partial charge >= 0.3 is 5.97 Å². The van der Waals surface area contributed by atoms with Crippen LogP contribution < -0.4 is 5.32 Å². The van der Waals surface area contributed by atoms with Gasteiger partial charge in [0.05, 0.1) is 0 Å². The topological polar surface area (TPSA) is 49.3 Å². The Morgan fingerprint density at radius 2 is 1.62 bits per heavy atom. The van der Waals surface area contributed by atoms with Crippen LogP contribution in [0.5, 0.6) is 0 Å². The molecule has 16 heavy (non-hydrogen) atoms. The molecule has 0 bridgehead atoms. The second-order valence-electron chi connectivity index (χ2n) is 5.56. The summed E-state index contributed by atoms with van der Waals surface area (Å²) in [7, 11) is 0. The van der Waals surface area contributed by atoms with E-state index < -0.39 is 12.0 Å². The molecule has 2 atom stereocenters. The Morgan fingerprint density at radius 3 is 2.00 bits per heavy atom. The first-order chi connectivity index (χ1) is 7.32. The number of hydrogen-bond acceptors (Lipinski definition) is 2. The number of carboxylic acid groups (broad SMARTS) is 1. The number of carboxylic acids is 1. The molecule has 0 saturated carbocycles. The van der Waals surface area contributed by atoms with Gasteiger partial charge in [0.25, 0.3) is 0 Å². The largest absolute Gasteiger partial charge is 0.480 e. The van der Waals surface area contributed by atoms with Crippen molar-refractivity contribution in [3.63, 3.8) is 0 Å². The van der Waals surface area contributed by atoms with Crippen molar-refractivity contribution in [3.8, 4) is 0 Å². The number of rotatable bonds is 8. The van der Waals surface area contributed by atoms with Crippen LogP contribution in [0.4, 0.5) is 0 Å². The molecule has 0 spiro atoms. The fraction of sp³-hybridized carbons (Fsp3) is 0.923. The normalized spacial score (nSPS) is 15.4. The third-order valence-electron chi connectivity index (χ3n) is 2.67. The Hall–Kier alpha value is -0.570. The third kappa shape index (κ3) is 7.69. The van der Waals surface area contributed by atoms with Crippen LogP contribution >= 0.6 is 0 Å². The summed E-state index contributed by atoms with van der Waals surface area (Å²) in [4.78, 5) is 11.0. The molecule has 0 heterocycles. The van der Waals surface area contributed by atoms with Crippen LogP contribution in [0.25, 0.3) is 0 Å². The van der Waals surface area contributed by atoms with Crippen LogP contribution in [0.15, 0.2) is 0 Å². The summed E-state index contributed by atoms with van der Waals surface area (Å²) < 4.78 is 0. The van der Waals surface area contributed by atoms with E-state index in [0.717, 1.165) is 12.8 Å². The smallest absolute Gasteiger partial charge is 0.320 e. The second-order valence-corrected chi connectivity index (χ2v) is 5.56. The maximum absolute atomic E-state index is 11.0. The minimum atomic E-state index is -0.731. The maximum Gasteiger partial charge on any atom is 0.320 e. The SMILES string of the molecule is CC(C)CCC(C)NC(CC(C)C)C(=O)O. The Kier molecular flexibility index (Phi) is 7.39. The Balaban J connectivity index is 4.03. The van der Waals surface area contributed by atoms with E-state index in [-0.39, 0.29) is 6.04 Å². The van der Waals surface area contributed by atoms with Gasteiger partial charge in [-0.25, -0.2) is 0 Å². The summed E-state index contributed by atoms with van der Waals surface area (Å²) in [5, 5.41) is 12.3. The van der Waals surface area contributed by atoms with Crippen LogP contribution in [-0.2, 0) is 4.79 Å². The molecule has 0 saturated heterocycles. The molecule has 0 rings (SSSR count). The summed E-state index contributed by atoms with van der Waals surface area (Å²) in [5.41, 5.74) is 0. The standard InChI is InChI=1S/C13H27NO2/c1-9(2)6-7-11(5)14-12(13(15)16)8-10(3)4/h9-12,14H,6-8H2,1-5H3,(H,15,16). The van der Waals surface area contributed by atoms with Gasteiger partial charge < -0.3 is 10.4 Å². The first-order valence-electron chi connectivity index (χ1n) is 6.31. The summed E-state index contributed by atoms with van der Waals surface area (Å²) in [5.74, 6) is 0.355. The molecule has 0 radical (unpaired) electrons. The molecular formula is C13H27NO2. The average molecular weight is 229 g/mol. The molecule has 0 fully saturated rings. The van der Waals surface area contributed by atoms with Gasteiger partial charge in [0.15, 0.2) is 0 Å². The monoisotopic (exact) mass is 229 g/mol. The van der Waals surface area contributed by atoms with Crippen LogP contribution in [0.1, 0.15) is 53.9 Å². The maximum atomic E-state index is 11.0. The lowest BCUT2D eigenvalue weighted by Gasteiger charge is -2.22. The van der Waals surface area contributed by atoms with E-state index in [1.807, 2.05) is 0 Å². The predicted octanol–water partition coefficient (Wildman–Crippen LogP) is 2.90. The quantitative estimate of drug-likeness (QED) is 0.673. The minimum absolute atomic E-state index is 0.280. The summed E-state index contributed by atoms with van der Waals surface area (Å²) >= 11 is 0. The van der Waals surface area contributed by atoms with Crippen LogP contribution in [-0.4, -0.2) is 23.2 Å². The lowest BCUT2D eigenvalue weighted by Crippen LogP contribution is -2.42. The molecule has 0 amide bonds. The van der Waals surface area contributed by atoms with E-state index in [9.17, 15) is 4.79 Å². The first-order valence-corrected chi connectivity index (χ1v) is 6.31. The molecule has 0 aromatic rings. The zero-order valence-corrected chi connectivity index (χ0v) is 11.3. The van der Waals surface area contributed by atoms with Crippen LogP contribution in [0.2, 0.25) is 0 Å². The molecule has 0 aliphatic heterocycles. The minimum Gasteiger partial charge on any atom is -0.480 e. The number of nitrogens with one attached hydrogen (secondary N) is 1. The van der Waals surface area contributed by atoms with E-state index >= 15 is 0 Å². The first kappa shape index (κ1) is 15.4. The van der Waals surface area contributed by atoms with Gasteiger partial charge in [-0.3, -0.25) is 4.79 Å². The van der Waals surface area contributed by atoms with Crippen molar-refractivity contribution >= 4 is 5.97 Å². The van der Waals surface area contributed by atoms with E-state index in [0.29, 0.717) is 18.3 Å². The van der Waals surface area contributed by atoms with E-state index in [2.05, 4.69) is 39.9 Å². The summed E-state index contributed by atoms with van der Waals surface area (Å²) in [6.45, 7) is 10.6. The van der Waals surface area contributed by atoms with E-state index in [4.69, 9.17) is 5.11 Å². The van der Waals surface area contributed by atoms with Gasteiger partial charge in [-0.1, -0.05) is 27.7 Å². The third-order valence-corrected chi connectivity index (χ3v) is 2.67. The zero-order valence-electron chi connectivity index (χ0n) is 11.3. The lowest BCUT2D eigenvalue weighted by atomic mass is 10.0. The van der Waals surface area contributed by atoms with Crippen molar-refractivity contribution in [2.45, 2.75) is 66.0 Å². The number of carbonyl (C=O) groups is 1. The Morgan fingerprint density at radius 1 is 1.06 bits per heavy atom. The molecule has 96 valence electrons. The van der Waals surface area contributed by atoms with Gasteiger partial charge in [-0.15, -0.1) is 0 Å². The highest BCUT2D eigenvalue weighted by Gasteiger charge is 2.20. The average Bonchev–Trinajstić information content (AvgIpc) is 2.12. The van der Waals surface area contributed by atoms with Gasteiger partial charge in [0.1, 0.15) is 6.04 Å². The summed E-state index contributed by atoms with van der Waals surface area (Å²) in [6.07, 6.45) is 2.88. The van der Waals surface area contributed by atoms with Gasteiger partial charge in [-0.05, 0) is 38.0 Å². The van der Waals surface area contributed by atoms with Crippen molar-refractivity contribution in [2.24, 2.45) is 11.8 Å². The van der Waals surface area contributed by atoms with Gasteiger partial charge in [0, 0.05) is 6.04 Å². The van der Waals surface area contributed by atoms with Gasteiger partial charge in [-0.2, -0.15) is 0 Å². The van der Waals surface area contributed by atoms with E-state index in [1.165, 1.54) is 0 Å². The molecule has 0 aliphatic carbocycles. The molecule has 0 aliphatic rings. The lowest BCUT2D eigenvalue weighted by molar-refractivity contribution is -0.140.